The van der Waals surface area contributed by atoms with Gasteiger partial charge in [-0.05, 0) is 17.7 Å². The quantitative estimate of drug-likeness (QED) is 0.466. The van der Waals surface area contributed by atoms with Gasteiger partial charge in [-0.1, -0.05) is 41.4 Å². The van der Waals surface area contributed by atoms with Gasteiger partial charge in [0, 0.05) is 17.7 Å². The maximum atomic E-state index is 11.0. The van der Waals surface area contributed by atoms with Crippen LogP contribution in [-0.2, 0) is 0 Å². The predicted molar refractivity (Wildman–Crippen MR) is 106 cm³/mol. The zero-order chi connectivity index (χ0) is 20.7. The van der Waals surface area contributed by atoms with Gasteiger partial charge in [0.1, 0.15) is 11.6 Å². The number of ether oxygens (including phenoxy) is 1. The molecule has 1 atom stereocenters. The van der Waals surface area contributed by atoms with Gasteiger partial charge in [-0.25, -0.2) is 0 Å². The van der Waals surface area contributed by atoms with Gasteiger partial charge in [-0.3, -0.25) is 15.2 Å². The molecular weight excluding hydrogens is 417 g/mol. The number of benzene rings is 2. The van der Waals surface area contributed by atoms with Crippen LogP contribution in [-0.4, -0.2) is 15.1 Å². The molecule has 0 spiro atoms. The molecule has 0 aliphatic carbocycles. The number of non-ortho nitro benzene ring substituents is 1. The van der Waals surface area contributed by atoms with E-state index in [4.69, 9.17) is 33.7 Å². The number of fused-ring (bicyclic) bond motifs is 1. The highest BCUT2D eigenvalue weighted by Gasteiger charge is 2.35. The van der Waals surface area contributed by atoms with E-state index in [9.17, 15) is 15.4 Å². The Hall–Kier alpha value is -3.54. The van der Waals surface area contributed by atoms with Gasteiger partial charge in [0.15, 0.2) is 0 Å². The largest absolute Gasteiger partial charge is 0.420 e. The zero-order valence-corrected chi connectivity index (χ0v) is 16.0. The van der Waals surface area contributed by atoms with Crippen molar-refractivity contribution < 1.29 is 9.66 Å². The second-order valence-corrected chi connectivity index (χ2v) is 7.03. The van der Waals surface area contributed by atoms with Gasteiger partial charge in [0.05, 0.1) is 32.1 Å². The molecule has 1 aromatic heterocycles. The molecule has 0 unspecified atom stereocenters. The summed E-state index contributed by atoms with van der Waals surface area (Å²) in [5.41, 5.74) is 8.50. The van der Waals surface area contributed by atoms with Crippen LogP contribution in [0.2, 0.25) is 10.0 Å². The van der Waals surface area contributed by atoms with E-state index in [-0.39, 0.29) is 23.0 Å². The summed E-state index contributed by atoms with van der Waals surface area (Å²) in [6.07, 6.45) is 0. The molecule has 2 heterocycles. The summed E-state index contributed by atoms with van der Waals surface area (Å²) < 4.78 is 5.53. The molecule has 0 saturated heterocycles. The molecular formula is C19H11Cl2N5O3. The van der Waals surface area contributed by atoms with Gasteiger partial charge in [0.25, 0.3) is 5.69 Å². The Morgan fingerprint density at radius 1 is 1.21 bits per heavy atom. The molecule has 8 nitrogen and oxygen atoms in total. The third-order valence-electron chi connectivity index (χ3n) is 4.58. The van der Waals surface area contributed by atoms with Crippen LogP contribution in [0.4, 0.5) is 5.69 Å². The zero-order valence-electron chi connectivity index (χ0n) is 14.5. The Bertz CT molecular complexity index is 1210. The van der Waals surface area contributed by atoms with Crippen LogP contribution in [0.5, 0.6) is 5.88 Å². The number of nitrogens with zero attached hydrogens (tertiary/aromatic N) is 3. The lowest BCUT2D eigenvalue weighted by atomic mass is 9.83. The number of H-pyrrole nitrogens is 1. The van der Waals surface area contributed by atoms with Crippen molar-refractivity contribution in [2.75, 3.05) is 0 Å². The number of nitrogens with two attached hydrogens (primary N) is 1. The summed E-state index contributed by atoms with van der Waals surface area (Å²) in [5, 5.41) is 28.5. The SMILES string of the molecule is N#CC1=C(N)Oc2n[nH]c(-c3ccc(Cl)c(Cl)c3)c2[C@@H]1c1ccc([N+](=O)[O-])cc1. The summed E-state index contributed by atoms with van der Waals surface area (Å²) in [7, 11) is 0. The fourth-order valence-corrected chi connectivity index (χ4v) is 3.54. The lowest BCUT2D eigenvalue weighted by Crippen LogP contribution is -2.21. The molecule has 0 bridgehead atoms. The number of hydrogen-bond donors (Lipinski definition) is 2. The standard InChI is InChI=1S/C19H11Cl2N5O3/c20-13-6-3-10(7-14(13)21)17-16-15(9-1-4-11(5-2-9)26(27)28)12(8-22)18(23)29-19(16)25-24-17/h1-7,15H,23H2,(H,24,25)/t15-/m1/s1. The monoisotopic (exact) mass is 427 g/mol. The predicted octanol–water partition coefficient (Wildman–Crippen LogP) is 4.51. The van der Waals surface area contributed by atoms with Crippen molar-refractivity contribution in [3.05, 3.63) is 85.2 Å². The Labute approximate surface area is 174 Å². The lowest BCUT2D eigenvalue weighted by Gasteiger charge is -2.24. The van der Waals surface area contributed by atoms with E-state index in [2.05, 4.69) is 16.3 Å². The van der Waals surface area contributed by atoms with Crippen LogP contribution in [0.15, 0.2) is 53.9 Å². The maximum Gasteiger partial charge on any atom is 0.269 e. The normalized spacial score (nSPS) is 15.4. The van der Waals surface area contributed by atoms with E-state index in [1.807, 2.05) is 0 Å². The number of aromatic amines is 1. The van der Waals surface area contributed by atoms with Crippen molar-refractivity contribution in [1.29, 1.82) is 5.26 Å². The van der Waals surface area contributed by atoms with Crippen molar-refractivity contribution >= 4 is 28.9 Å². The summed E-state index contributed by atoms with van der Waals surface area (Å²) in [6, 6.07) is 13.0. The number of nitrogens with one attached hydrogen (secondary N) is 1. The second kappa shape index (κ2) is 7.13. The molecule has 4 rings (SSSR count). The number of rotatable bonds is 3. The fraction of sp³-hybridized carbons (Fsp3) is 0.0526. The van der Waals surface area contributed by atoms with Crippen molar-refractivity contribution in [1.82, 2.24) is 10.2 Å². The molecule has 0 fully saturated rings. The van der Waals surface area contributed by atoms with Crippen LogP contribution in [0.3, 0.4) is 0 Å². The van der Waals surface area contributed by atoms with E-state index >= 15 is 0 Å². The fourth-order valence-electron chi connectivity index (χ4n) is 3.24. The molecule has 144 valence electrons. The summed E-state index contributed by atoms with van der Waals surface area (Å²) in [4.78, 5) is 10.5. The van der Waals surface area contributed by atoms with Crippen LogP contribution in [0.1, 0.15) is 17.0 Å². The summed E-state index contributed by atoms with van der Waals surface area (Å²) >= 11 is 12.2. The van der Waals surface area contributed by atoms with Crippen molar-refractivity contribution in [2.24, 2.45) is 5.73 Å². The smallest absolute Gasteiger partial charge is 0.269 e. The molecule has 0 amide bonds. The number of aromatic nitrogens is 2. The third kappa shape index (κ3) is 3.16. The number of nitriles is 1. The van der Waals surface area contributed by atoms with Gasteiger partial charge < -0.3 is 10.5 Å². The third-order valence-corrected chi connectivity index (χ3v) is 5.32. The number of nitro benzene ring substituents is 1. The first-order valence-electron chi connectivity index (χ1n) is 8.26. The van der Waals surface area contributed by atoms with Gasteiger partial charge >= 0.3 is 0 Å². The van der Waals surface area contributed by atoms with Crippen molar-refractivity contribution in [2.45, 2.75) is 5.92 Å². The number of allylic oxidation sites excluding steroid dienone is 1. The van der Waals surface area contributed by atoms with Crippen LogP contribution in [0.25, 0.3) is 11.3 Å². The maximum absolute atomic E-state index is 11.0. The van der Waals surface area contributed by atoms with E-state index in [1.54, 1.807) is 30.3 Å². The van der Waals surface area contributed by atoms with Crippen molar-refractivity contribution in [3.63, 3.8) is 0 Å². The highest BCUT2D eigenvalue weighted by molar-refractivity contribution is 6.42. The number of hydrogen-bond acceptors (Lipinski definition) is 6. The molecule has 0 radical (unpaired) electrons. The first kappa shape index (κ1) is 18.8. The van der Waals surface area contributed by atoms with Crippen molar-refractivity contribution in [3.8, 4) is 23.2 Å². The molecule has 0 saturated carbocycles. The van der Waals surface area contributed by atoms with Gasteiger partial charge in [-0.15, -0.1) is 5.10 Å². The summed E-state index contributed by atoms with van der Waals surface area (Å²) in [6.45, 7) is 0. The molecule has 29 heavy (non-hydrogen) atoms. The Balaban J connectivity index is 1.91. The topological polar surface area (TPSA) is 131 Å². The van der Waals surface area contributed by atoms with Crippen LogP contribution < -0.4 is 10.5 Å². The minimum atomic E-state index is -0.632. The average Bonchev–Trinajstić information content (AvgIpc) is 3.12. The number of halogens is 2. The molecule has 3 N–H and O–H groups in total. The molecule has 2 aromatic carbocycles. The van der Waals surface area contributed by atoms with E-state index < -0.39 is 10.8 Å². The summed E-state index contributed by atoms with van der Waals surface area (Å²) in [5.74, 6) is -0.491. The van der Waals surface area contributed by atoms with Crippen LogP contribution >= 0.6 is 23.2 Å². The highest BCUT2D eigenvalue weighted by Crippen LogP contribution is 2.46. The van der Waals surface area contributed by atoms with E-state index in [1.165, 1.54) is 12.1 Å². The minimum Gasteiger partial charge on any atom is -0.420 e. The van der Waals surface area contributed by atoms with Gasteiger partial charge in [-0.2, -0.15) is 5.26 Å². The highest BCUT2D eigenvalue weighted by atomic mass is 35.5. The van der Waals surface area contributed by atoms with E-state index in [0.717, 1.165) is 0 Å². The number of nitro groups is 1. The molecule has 1 aliphatic heterocycles. The van der Waals surface area contributed by atoms with E-state index in [0.29, 0.717) is 32.4 Å². The van der Waals surface area contributed by atoms with Crippen LogP contribution in [0, 0.1) is 21.4 Å². The molecule has 10 heteroatoms. The second-order valence-electron chi connectivity index (χ2n) is 6.22. The Morgan fingerprint density at radius 2 is 1.93 bits per heavy atom. The Kier molecular flexibility index (Phi) is 4.62. The minimum absolute atomic E-state index is 0.0617. The Morgan fingerprint density at radius 3 is 2.55 bits per heavy atom. The molecule has 3 aromatic rings. The first-order valence-corrected chi connectivity index (χ1v) is 9.02. The molecule has 1 aliphatic rings. The average molecular weight is 428 g/mol. The lowest BCUT2D eigenvalue weighted by molar-refractivity contribution is -0.384. The first-order chi connectivity index (χ1) is 13.9. The van der Waals surface area contributed by atoms with Gasteiger partial charge in [0.2, 0.25) is 11.8 Å².